The van der Waals surface area contributed by atoms with Crippen LogP contribution in [0.3, 0.4) is 0 Å². The monoisotopic (exact) mass is 400 g/mol. The van der Waals surface area contributed by atoms with Crippen molar-refractivity contribution in [1.29, 1.82) is 0 Å². The van der Waals surface area contributed by atoms with Crippen molar-refractivity contribution in [1.82, 2.24) is 10.0 Å². The van der Waals surface area contributed by atoms with Crippen molar-refractivity contribution in [2.24, 2.45) is 0 Å². The molecule has 4 nitrogen and oxygen atoms in total. The zero-order valence-corrected chi connectivity index (χ0v) is 14.8. The smallest absolute Gasteiger partial charge is 0.244 e. The second-order valence-corrected chi connectivity index (χ2v) is 8.46. The van der Waals surface area contributed by atoms with Crippen molar-refractivity contribution in [3.63, 3.8) is 0 Å². The first-order chi connectivity index (χ1) is 9.23. The number of piperidine rings is 1. The zero-order valence-electron chi connectivity index (χ0n) is 10.8. The Balaban J connectivity index is 2.36. The van der Waals surface area contributed by atoms with Crippen LogP contribution in [0.1, 0.15) is 19.8 Å². The van der Waals surface area contributed by atoms with Gasteiger partial charge in [-0.3, -0.25) is 0 Å². The van der Waals surface area contributed by atoms with Crippen LogP contribution in [0.2, 0.25) is 10.0 Å². The van der Waals surface area contributed by atoms with Crippen LogP contribution in [0.15, 0.2) is 21.5 Å². The summed E-state index contributed by atoms with van der Waals surface area (Å²) in [5.74, 6) is 0. The van der Waals surface area contributed by atoms with E-state index in [-0.39, 0.29) is 14.9 Å². The number of hydrogen-bond donors (Lipinski definition) is 2. The fraction of sp³-hybridized carbons (Fsp3) is 0.500. The van der Waals surface area contributed by atoms with Crippen LogP contribution in [-0.4, -0.2) is 27.0 Å². The van der Waals surface area contributed by atoms with Crippen LogP contribution in [0, 0.1) is 0 Å². The summed E-state index contributed by atoms with van der Waals surface area (Å²) in [5, 5.41) is 3.41. The third-order valence-electron chi connectivity index (χ3n) is 3.32. The van der Waals surface area contributed by atoms with Crippen molar-refractivity contribution in [2.45, 2.75) is 30.2 Å². The van der Waals surface area contributed by atoms with Gasteiger partial charge in [0.25, 0.3) is 0 Å². The molecule has 1 heterocycles. The van der Waals surface area contributed by atoms with Gasteiger partial charge in [0.05, 0.1) is 10.0 Å². The summed E-state index contributed by atoms with van der Waals surface area (Å²) in [7, 11) is -3.76. The fourth-order valence-corrected chi connectivity index (χ4v) is 5.65. The molecule has 0 aliphatic carbocycles. The van der Waals surface area contributed by atoms with E-state index in [1.807, 2.05) is 6.92 Å². The van der Waals surface area contributed by atoms with Gasteiger partial charge in [0, 0.05) is 10.0 Å². The molecule has 1 aliphatic rings. The Bertz CT molecular complexity index is 593. The van der Waals surface area contributed by atoms with Crippen molar-refractivity contribution in [3.8, 4) is 0 Å². The third kappa shape index (κ3) is 3.67. The first-order valence-corrected chi connectivity index (χ1v) is 9.16. The highest BCUT2D eigenvalue weighted by Gasteiger charge is 2.34. The molecule has 0 bridgehead atoms. The zero-order chi connectivity index (χ0) is 15.0. The standard InChI is InChI=1S/C12H15BrCl2N2O2S/c1-12(2-4-16-5-3-12)17-20(18,19)11-9(14)6-8(13)7-10(11)15/h6-7,16-17H,2-5H2,1H3. The van der Waals surface area contributed by atoms with E-state index in [9.17, 15) is 8.42 Å². The quantitative estimate of drug-likeness (QED) is 0.817. The van der Waals surface area contributed by atoms with Gasteiger partial charge in [-0.2, -0.15) is 0 Å². The molecule has 0 aromatic heterocycles. The topological polar surface area (TPSA) is 58.2 Å². The average Bonchev–Trinajstić information content (AvgIpc) is 2.25. The molecule has 1 aliphatic heterocycles. The summed E-state index contributed by atoms with van der Waals surface area (Å²) in [6, 6.07) is 3.04. The Labute approximate surface area is 137 Å². The SMILES string of the molecule is CC1(NS(=O)(=O)c2c(Cl)cc(Br)cc2Cl)CCNCC1. The summed E-state index contributed by atoms with van der Waals surface area (Å²) >= 11 is 15.3. The first kappa shape index (κ1) is 16.5. The maximum Gasteiger partial charge on any atom is 0.244 e. The van der Waals surface area contributed by atoms with Crippen LogP contribution in [-0.2, 0) is 10.0 Å². The molecule has 1 fully saturated rings. The van der Waals surface area contributed by atoms with Crippen molar-refractivity contribution in [3.05, 3.63) is 26.7 Å². The molecular weight excluding hydrogens is 387 g/mol. The number of benzene rings is 1. The Kier molecular flexibility index (Phi) is 5.04. The second-order valence-electron chi connectivity index (χ2n) is 5.11. The summed E-state index contributed by atoms with van der Waals surface area (Å²) in [5.41, 5.74) is -0.482. The second kappa shape index (κ2) is 6.10. The van der Waals surface area contributed by atoms with Crippen LogP contribution in [0.4, 0.5) is 0 Å². The molecule has 0 amide bonds. The molecule has 1 aromatic carbocycles. The largest absolute Gasteiger partial charge is 0.317 e. The maximum absolute atomic E-state index is 12.5. The number of hydrogen-bond acceptors (Lipinski definition) is 3. The van der Waals surface area contributed by atoms with Crippen LogP contribution in [0.5, 0.6) is 0 Å². The third-order valence-corrected chi connectivity index (χ3v) is 6.34. The molecule has 112 valence electrons. The summed E-state index contributed by atoms with van der Waals surface area (Å²) in [6.07, 6.45) is 1.44. The molecule has 2 rings (SSSR count). The molecule has 1 aromatic rings. The first-order valence-electron chi connectivity index (χ1n) is 6.13. The van der Waals surface area contributed by atoms with Gasteiger partial charge in [-0.25, -0.2) is 13.1 Å². The molecule has 0 spiro atoms. The number of sulfonamides is 1. The predicted octanol–water partition coefficient (Wildman–Crippen LogP) is 3.18. The molecular formula is C12H15BrCl2N2O2S. The molecule has 0 saturated carbocycles. The number of rotatable bonds is 3. The highest BCUT2D eigenvalue weighted by molar-refractivity contribution is 9.10. The van der Waals surface area contributed by atoms with Gasteiger partial charge in [-0.15, -0.1) is 0 Å². The van der Waals surface area contributed by atoms with E-state index in [1.54, 1.807) is 0 Å². The number of halogens is 3. The van der Waals surface area contributed by atoms with Crippen LogP contribution in [0.25, 0.3) is 0 Å². The van der Waals surface area contributed by atoms with Gasteiger partial charge in [0.2, 0.25) is 10.0 Å². The van der Waals surface area contributed by atoms with E-state index < -0.39 is 15.6 Å². The fourth-order valence-electron chi connectivity index (χ4n) is 2.24. The minimum atomic E-state index is -3.76. The average molecular weight is 402 g/mol. The lowest BCUT2D eigenvalue weighted by molar-refractivity contribution is 0.308. The van der Waals surface area contributed by atoms with Gasteiger partial charge in [0.15, 0.2) is 0 Å². The molecule has 0 unspecified atom stereocenters. The normalized spacial score (nSPS) is 19.0. The Morgan fingerprint density at radius 1 is 1.25 bits per heavy atom. The maximum atomic E-state index is 12.5. The lowest BCUT2D eigenvalue weighted by atomic mass is 9.92. The van der Waals surface area contributed by atoms with Crippen LogP contribution < -0.4 is 10.0 Å². The molecule has 8 heteroatoms. The summed E-state index contributed by atoms with van der Waals surface area (Å²) in [6.45, 7) is 3.45. The van der Waals surface area contributed by atoms with E-state index >= 15 is 0 Å². The van der Waals surface area contributed by atoms with E-state index in [0.717, 1.165) is 25.9 Å². The molecule has 1 saturated heterocycles. The lowest BCUT2D eigenvalue weighted by Gasteiger charge is -2.34. The van der Waals surface area contributed by atoms with Gasteiger partial charge < -0.3 is 5.32 Å². The van der Waals surface area contributed by atoms with Gasteiger partial charge in [-0.1, -0.05) is 39.1 Å². The van der Waals surface area contributed by atoms with Gasteiger partial charge in [0.1, 0.15) is 4.90 Å². The molecule has 0 radical (unpaired) electrons. The molecule has 2 N–H and O–H groups in total. The lowest BCUT2D eigenvalue weighted by Crippen LogP contribution is -2.52. The Morgan fingerprint density at radius 2 is 1.75 bits per heavy atom. The van der Waals surface area contributed by atoms with Gasteiger partial charge in [-0.05, 0) is 45.0 Å². The molecule has 20 heavy (non-hydrogen) atoms. The van der Waals surface area contributed by atoms with E-state index in [1.165, 1.54) is 12.1 Å². The Hall–Kier alpha value is 0.150. The predicted molar refractivity (Wildman–Crippen MR) is 85.0 cm³/mol. The van der Waals surface area contributed by atoms with E-state index in [0.29, 0.717) is 4.47 Å². The minimum absolute atomic E-state index is 0.0659. The highest BCUT2D eigenvalue weighted by Crippen LogP contribution is 2.34. The minimum Gasteiger partial charge on any atom is -0.317 e. The van der Waals surface area contributed by atoms with Crippen molar-refractivity contribution < 1.29 is 8.42 Å². The van der Waals surface area contributed by atoms with Crippen molar-refractivity contribution >= 4 is 49.2 Å². The van der Waals surface area contributed by atoms with Crippen molar-refractivity contribution in [2.75, 3.05) is 13.1 Å². The number of nitrogens with one attached hydrogen (secondary N) is 2. The summed E-state index contributed by atoms with van der Waals surface area (Å²) < 4.78 is 28.5. The highest BCUT2D eigenvalue weighted by atomic mass is 79.9. The van der Waals surface area contributed by atoms with E-state index in [2.05, 4.69) is 26.0 Å². The summed E-state index contributed by atoms with van der Waals surface area (Å²) in [4.78, 5) is -0.0659. The van der Waals surface area contributed by atoms with E-state index in [4.69, 9.17) is 23.2 Å². The van der Waals surface area contributed by atoms with Crippen LogP contribution >= 0.6 is 39.1 Å². The molecule has 0 atom stereocenters. The van der Waals surface area contributed by atoms with Gasteiger partial charge >= 0.3 is 0 Å². The Morgan fingerprint density at radius 3 is 2.25 bits per heavy atom.